The standard InChI is InChI=1S/C13H17Cl2N3O/c1-2-17-3-5-18(6-4-17)13(19)9-7-10(14)12(16)11(15)8-9/h7-8H,2-6,16H2,1H3. The summed E-state index contributed by atoms with van der Waals surface area (Å²) < 4.78 is 0. The predicted molar refractivity (Wildman–Crippen MR) is 78.9 cm³/mol. The van der Waals surface area contributed by atoms with E-state index in [1.807, 2.05) is 4.90 Å². The zero-order valence-corrected chi connectivity index (χ0v) is 12.3. The summed E-state index contributed by atoms with van der Waals surface area (Å²) in [5.74, 6) is -0.0421. The van der Waals surface area contributed by atoms with Crippen molar-refractivity contribution in [3.05, 3.63) is 27.7 Å². The lowest BCUT2D eigenvalue weighted by Gasteiger charge is -2.34. The molecule has 6 heteroatoms. The van der Waals surface area contributed by atoms with Gasteiger partial charge in [-0.3, -0.25) is 4.79 Å². The molecule has 104 valence electrons. The first kappa shape index (κ1) is 14.4. The number of benzene rings is 1. The summed E-state index contributed by atoms with van der Waals surface area (Å²) in [5, 5.41) is 0.645. The Morgan fingerprint density at radius 1 is 1.21 bits per heavy atom. The molecule has 0 unspecified atom stereocenters. The number of anilines is 1. The van der Waals surface area contributed by atoms with Crippen molar-refractivity contribution in [2.24, 2.45) is 0 Å². The Kier molecular flexibility index (Phi) is 4.55. The van der Waals surface area contributed by atoms with E-state index in [1.54, 1.807) is 12.1 Å². The molecule has 0 saturated carbocycles. The summed E-state index contributed by atoms with van der Waals surface area (Å²) in [6.07, 6.45) is 0. The Labute approximate surface area is 123 Å². The summed E-state index contributed by atoms with van der Waals surface area (Å²) >= 11 is 11.9. The molecule has 1 saturated heterocycles. The van der Waals surface area contributed by atoms with Gasteiger partial charge in [0.1, 0.15) is 0 Å². The lowest BCUT2D eigenvalue weighted by Crippen LogP contribution is -2.48. The van der Waals surface area contributed by atoms with E-state index >= 15 is 0 Å². The largest absolute Gasteiger partial charge is 0.396 e. The van der Waals surface area contributed by atoms with E-state index < -0.39 is 0 Å². The summed E-state index contributed by atoms with van der Waals surface area (Å²) in [7, 11) is 0. The molecular weight excluding hydrogens is 285 g/mol. The van der Waals surface area contributed by atoms with Gasteiger partial charge in [-0.15, -0.1) is 0 Å². The fraction of sp³-hybridized carbons (Fsp3) is 0.462. The zero-order chi connectivity index (χ0) is 14.0. The number of nitrogens with zero attached hydrogens (tertiary/aromatic N) is 2. The maximum absolute atomic E-state index is 12.4. The number of piperazine rings is 1. The highest BCUT2D eigenvalue weighted by Crippen LogP contribution is 2.29. The third-order valence-corrected chi connectivity index (χ3v) is 4.06. The SMILES string of the molecule is CCN1CCN(C(=O)c2cc(Cl)c(N)c(Cl)c2)CC1. The van der Waals surface area contributed by atoms with Gasteiger partial charge in [-0.2, -0.15) is 0 Å². The Morgan fingerprint density at radius 2 is 1.74 bits per heavy atom. The van der Waals surface area contributed by atoms with Gasteiger partial charge in [-0.05, 0) is 18.7 Å². The number of halogens is 2. The smallest absolute Gasteiger partial charge is 0.254 e. The summed E-state index contributed by atoms with van der Waals surface area (Å²) in [5.41, 5.74) is 6.48. The van der Waals surface area contributed by atoms with Crippen LogP contribution in [0.25, 0.3) is 0 Å². The highest BCUT2D eigenvalue weighted by molar-refractivity contribution is 6.39. The Morgan fingerprint density at radius 3 is 2.21 bits per heavy atom. The van der Waals surface area contributed by atoms with Crippen LogP contribution in [-0.4, -0.2) is 48.4 Å². The minimum atomic E-state index is -0.0421. The van der Waals surface area contributed by atoms with Gasteiger partial charge in [-0.25, -0.2) is 0 Å². The van der Waals surface area contributed by atoms with Crippen molar-refractivity contribution in [2.75, 3.05) is 38.5 Å². The van der Waals surface area contributed by atoms with Gasteiger partial charge in [0.2, 0.25) is 0 Å². The van der Waals surface area contributed by atoms with Gasteiger partial charge in [0, 0.05) is 31.7 Å². The molecule has 1 aromatic rings. The van der Waals surface area contributed by atoms with Crippen LogP contribution in [0.1, 0.15) is 17.3 Å². The predicted octanol–water partition coefficient (Wildman–Crippen LogP) is 2.35. The van der Waals surface area contributed by atoms with Gasteiger partial charge < -0.3 is 15.5 Å². The number of likely N-dealkylation sites (N-methyl/N-ethyl adjacent to an activating group) is 1. The number of carbonyl (C=O) groups is 1. The fourth-order valence-electron chi connectivity index (χ4n) is 2.16. The van der Waals surface area contributed by atoms with Gasteiger partial charge >= 0.3 is 0 Å². The van der Waals surface area contributed by atoms with Crippen molar-refractivity contribution in [1.29, 1.82) is 0 Å². The van der Waals surface area contributed by atoms with E-state index in [0.29, 0.717) is 21.3 Å². The van der Waals surface area contributed by atoms with Crippen molar-refractivity contribution < 1.29 is 4.79 Å². The molecule has 4 nitrogen and oxygen atoms in total. The minimum Gasteiger partial charge on any atom is -0.396 e. The molecule has 2 rings (SSSR count). The fourth-order valence-corrected chi connectivity index (χ4v) is 2.64. The molecule has 1 aromatic carbocycles. The molecule has 0 spiro atoms. The average molecular weight is 302 g/mol. The lowest BCUT2D eigenvalue weighted by molar-refractivity contribution is 0.0643. The van der Waals surface area contributed by atoms with Crippen LogP contribution < -0.4 is 5.73 Å². The van der Waals surface area contributed by atoms with E-state index in [0.717, 1.165) is 32.7 Å². The third kappa shape index (κ3) is 3.14. The topological polar surface area (TPSA) is 49.6 Å². The number of nitrogens with two attached hydrogens (primary N) is 1. The number of rotatable bonds is 2. The number of nitrogen functional groups attached to an aromatic ring is 1. The van der Waals surface area contributed by atoms with Crippen LogP contribution in [0.2, 0.25) is 10.0 Å². The van der Waals surface area contributed by atoms with E-state index in [4.69, 9.17) is 28.9 Å². The maximum Gasteiger partial charge on any atom is 0.254 e. The zero-order valence-electron chi connectivity index (χ0n) is 10.8. The van der Waals surface area contributed by atoms with E-state index in [-0.39, 0.29) is 5.91 Å². The van der Waals surface area contributed by atoms with Crippen molar-refractivity contribution >= 4 is 34.8 Å². The second-order valence-electron chi connectivity index (χ2n) is 4.58. The average Bonchev–Trinajstić information content (AvgIpc) is 2.43. The van der Waals surface area contributed by atoms with Gasteiger partial charge in [0.05, 0.1) is 15.7 Å². The van der Waals surface area contributed by atoms with E-state index in [9.17, 15) is 4.79 Å². The van der Waals surface area contributed by atoms with E-state index in [2.05, 4.69) is 11.8 Å². The molecular formula is C13H17Cl2N3O. The van der Waals surface area contributed by atoms with Crippen LogP contribution in [0.4, 0.5) is 5.69 Å². The second-order valence-corrected chi connectivity index (χ2v) is 5.39. The molecule has 1 aliphatic heterocycles. The first-order chi connectivity index (χ1) is 9.02. The van der Waals surface area contributed by atoms with Gasteiger partial charge in [-0.1, -0.05) is 30.1 Å². The normalized spacial score (nSPS) is 16.7. The number of amides is 1. The minimum absolute atomic E-state index is 0.0421. The monoisotopic (exact) mass is 301 g/mol. The maximum atomic E-state index is 12.4. The van der Waals surface area contributed by atoms with Crippen LogP contribution in [0.3, 0.4) is 0 Å². The van der Waals surface area contributed by atoms with Crippen molar-refractivity contribution in [1.82, 2.24) is 9.80 Å². The molecule has 1 amide bonds. The molecule has 19 heavy (non-hydrogen) atoms. The van der Waals surface area contributed by atoms with Crippen molar-refractivity contribution in [3.8, 4) is 0 Å². The number of hydrogen-bond donors (Lipinski definition) is 1. The summed E-state index contributed by atoms with van der Waals surface area (Å²) in [6.45, 7) is 6.40. The first-order valence-corrected chi connectivity index (χ1v) is 7.04. The Hall–Kier alpha value is -0.970. The highest BCUT2D eigenvalue weighted by Gasteiger charge is 2.22. The van der Waals surface area contributed by atoms with Gasteiger partial charge in [0.25, 0.3) is 5.91 Å². The first-order valence-electron chi connectivity index (χ1n) is 6.29. The molecule has 1 aliphatic rings. The molecule has 0 aromatic heterocycles. The van der Waals surface area contributed by atoms with Crippen LogP contribution >= 0.6 is 23.2 Å². The molecule has 2 N–H and O–H groups in total. The number of carbonyl (C=O) groups excluding carboxylic acids is 1. The molecule has 1 fully saturated rings. The molecule has 0 atom stereocenters. The molecule has 1 heterocycles. The third-order valence-electron chi connectivity index (χ3n) is 3.43. The van der Waals surface area contributed by atoms with E-state index in [1.165, 1.54) is 0 Å². The summed E-state index contributed by atoms with van der Waals surface area (Å²) in [6, 6.07) is 3.16. The van der Waals surface area contributed by atoms with Crippen molar-refractivity contribution in [3.63, 3.8) is 0 Å². The van der Waals surface area contributed by atoms with Gasteiger partial charge in [0.15, 0.2) is 0 Å². The molecule has 0 radical (unpaired) electrons. The Bertz CT molecular complexity index is 462. The van der Waals surface area contributed by atoms with Crippen LogP contribution in [0, 0.1) is 0 Å². The lowest BCUT2D eigenvalue weighted by atomic mass is 10.1. The number of hydrogen-bond acceptors (Lipinski definition) is 3. The van der Waals surface area contributed by atoms with Crippen LogP contribution in [0.15, 0.2) is 12.1 Å². The molecule has 0 aliphatic carbocycles. The second kappa shape index (κ2) is 5.99. The highest BCUT2D eigenvalue weighted by atomic mass is 35.5. The van der Waals surface area contributed by atoms with Crippen molar-refractivity contribution in [2.45, 2.75) is 6.92 Å². The van der Waals surface area contributed by atoms with Crippen LogP contribution in [0.5, 0.6) is 0 Å². The Balaban J connectivity index is 2.12. The summed E-state index contributed by atoms with van der Waals surface area (Å²) in [4.78, 5) is 16.5. The quantitative estimate of drug-likeness (QED) is 0.853. The molecule has 0 bridgehead atoms. The van der Waals surface area contributed by atoms with Crippen LogP contribution in [-0.2, 0) is 0 Å².